The molecule has 0 bridgehead atoms. The molecule has 0 amide bonds. The number of hydrogen-bond donors (Lipinski definition) is 2. The number of hydrogen-bond acceptors (Lipinski definition) is 3. The van der Waals surface area contributed by atoms with Crippen LogP contribution >= 0.6 is 0 Å². The van der Waals surface area contributed by atoms with Gasteiger partial charge in [0, 0.05) is 0 Å². The zero-order valence-corrected chi connectivity index (χ0v) is 10.1. The summed E-state index contributed by atoms with van der Waals surface area (Å²) >= 11 is 0. The van der Waals surface area contributed by atoms with Crippen LogP contribution in [0.25, 0.3) is 0 Å². The summed E-state index contributed by atoms with van der Waals surface area (Å²) in [5.41, 5.74) is 6.77. The smallest absolute Gasteiger partial charge is 0.123 e. The first-order valence-electron chi connectivity index (χ1n) is 5.65. The van der Waals surface area contributed by atoms with E-state index in [9.17, 15) is 0 Å². The number of ether oxygens (including phenoxy) is 1. The SMILES string of the molecule is CC(C)(CCN)c1ccccc1OCCO. The van der Waals surface area contributed by atoms with E-state index in [2.05, 4.69) is 19.9 Å². The first kappa shape index (κ1) is 13.0. The van der Waals surface area contributed by atoms with E-state index in [0.717, 1.165) is 17.7 Å². The third kappa shape index (κ3) is 3.22. The molecule has 1 rings (SSSR count). The minimum atomic E-state index is 0.000793. The fourth-order valence-corrected chi connectivity index (χ4v) is 1.80. The van der Waals surface area contributed by atoms with Crippen LogP contribution in [0.1, 0.15) is 25.8 Å². The van der Waals surface area contributed by atoms with Crippen LogP contribution in [0.2, 0.25) is 0 Å². The number of para-hydroxylation sites is 1. The van der Waals surface area contributed by atoms with Crippen LogP contribution in [0.5, 0.6) is 5.75 Å². The average molecular weight is 223 g/mol. The van der Waals surface area contributed by atoms with Crippen molar-refractivity contribution in [1.29, 1.82) is 0 Å². The highest BCUT2D eigenvalue weighted by Crippen LogP contribution is 2.33. The summed E-state index contributed by atoms with van der Waals surface area (Å²) in [6, 6.07) is 7.93. The van der Waals surface area contributed by atoms with Crippen molar-refractivity contribution >= 4 is 0 Å². The Hall–Kier alpha value is -1.06. The van der Waals surface area contributed by atoms with Gasteiger partial charge in [-0.25, -0.2) is 0 Å². The molecule has 1 aromatic carbocycles. The molecule has 3 nitrogen and oxygen atoms in total. The molecule has 16 heavy (non-hydrogen) atoms. The molecular formula is C13H21NO2. The van der Waals surface area contributed by atoms with Crippen LogP contribution in [-0.4, -0.2) is 24.9 Å². The summed E-state index contributed by atoms with van der Waals surface area (Å²) in [6.07, 6.45) is 0.909. The minimum absolute atomic E-state index is 0.000793. The zero-order chi connectivity index (χ0) is 12.0. The van der Waals surface area contributed by atoms with Crippen LogP contribution in [0.3, 0.4) is 0 Å². The van der Waals surface area contributed by atoms with Gasteiger partial charge in [0.25, 0.3) is 0 Å². The lowest BCUT2D eigenvalue weighted by Gasteiger charge is -2.26. The van der Waals surface area contributed by atoms with Crippen molar-refractivity contribution in [3.05, 3.63) is 29.8 Å². The maximum absolute atomic E-state index is 8.78. The second-order valence-electron chi connectivity index (χ2n) is 4.49. The Kier molecular flexibility index (Phi) is 4.77. The third-order valence-electron chi connectivity index (χ3n) is 2.73. The van der Waals surface area contributed by atoms with E-state index >= 15 is 0 Å². The van der Waals surface area contributed by atoms with E-state index in [1.807, 2.05) is 18.2 Å². The van der Waals surface area contributed by atoms with Crippen LogP contribution in [0, 0.1) is 0 Å². The second kappa shape index (κ2) is 5.87. The lowest BCUT2D eigenvalue weighted by molar-refractivity contribution is 0.198. The van der Waals surface area contributed by atoms with Gasteiger partial charge in [0.15, 0.2) is 0 Å². The number of rotatable bonds is 6. The summed E-state index contributed by atoms with van der Waals surface area (Å²) in [7, 11) is 0. The van der Waals surface area contributed by atoms with Gasteiger partial charge >= 0.3 is 0 Å². The quantitative estimate of drug-likeness (QED) is 0.771. The van der Waals surface area contributed by atoms with Gasteiger partial charge < -0.3 is 15.6 Å². The molecule has 0 aromatic heterocycles. The van der Waals surface area contributed by atoms with Gasteiger partial charge in [0.1, 0.15) is 12.4 Å². The van der Waals surface area contributed by atoms with Crippen molar-refractivity contribution in [2.24, 2.45) is 5.73 Å². The predicted molar refractivity (Wildman–Crippen MR) is 65.7 cm³/mol. The van der Waals surface area contributed by atoms with Gasteiger partial charge in [-0.15, -0.1) is 0 Å². The topological polar surface area (TPSA) is 55.5 Å². The van der Waals surface area contributed by atoms with Crippen LogP contribution in [0.15, 0.2) is 24.3 Å². The highest BCUT2D eigenvalue weighted by molar-refractivity contribution is 5.38. The van der Waals surface area contributed by atoms with Gasteiger partial charge in [0.05, 0.1) is 6.61 Å². The van der Waals surface area contributed by atoms with Crippen LogP contribution < -0.4 is 10.5 Å². The Morgan fingerprint density at radius 3 is 2.62 bits per heavy atom. The Balaban J connectivity index is 2.93. The van der Waals surface area contributed by atoms with Gasteiger partial charge in [-0.2, -0.15) is 0 Å². The summed E-state index contributed by atoms with van der Waals surface area (Å²) in [5.74, 6) is 0.843. The van der Waals surface area contributed by atoms with Crippen molar-refractivity contribution in [2.45, 2.75) is 25.7 Å². The molecule has 0 spiro atoms. The number of benzene rings is 1. The Labute approximate surface area is 97.2 Å². The van der Waals surface area contributed by atoms with E-state index in [1.54, 1.807) is 0 Å². The van der Waals surface area contributed by atoms with Gasteiger partial charge in [0.2, 0.25) is 0 Å². The molecule has 0 aliphatic heterocycles. The molecule has 0 heterocycles. The highest BCUT2D eigenvalue weighted by atomic mass is 16.5. The van der Waals surface area contributed by atoms with E-state index in [-0.39, 0.29) is 12.0 Å². The zero-order valence-electron chi connectivity index (χ0n) is 10.1. The second-order valence-corrected chi connectivity index (χ2v) is 4.49. The summed E-state index contributed by atoms with van der Waals surface area (Å²) in [4.78, 5) is 0. The predicted octanol–water partition coefficient (Wildman–Crippen LogP) is 1.68. The normalized spacial score (nSPS) is 11.5. The van der Waals surface area contributed by atoms with E-state index in [4.69, 9.17) is 15.6 Å². The molecule has 0 saturated carbocycles. The van der Waals surface area contributed by atoms with Gasteiger partial charge in [-0.05, 0) is 30.0 Å². The molecule has 0 saturated heterocycles. The van der Waals surface area contributed by atoms with E-state index in [0.29, 0.717) is 13.2 Å². The van der Waals surface area contributed by atoms with Crippen LogP contribution in [0.4, 0.5) is 0 Å². The van der Waals surface area contributed by atoms with Crippen LogP contribution in [-0.2, 0) is 5.41 Å². The van der Waals surface area contributed by atoms with Crippen molar-refractivity contribution in [1.82, 2.24) is 0 Å². The molecule has 0 fully saturated rings. The van der Waals surface area contributed by atoms with Crippen molar-refractivity contribution in [3.8, 4) is 5.75 Å². The summed E-state index contributed by atoms with van der Waals surface area (Å²) in [6.45, 7) is 5.32. The lowest BCUT2D eigenvalue weighted by Crippen LogP contribution is -2.22. The molecule has 90 valence electrons. The molecule has 0 radical (unpaired) electrons. The molecule has 1 aromatic rings. The molecule has 0 unspecified atom stereocenters. The van der Waals surface area contributed by atoms with E-state index < -0.39 is 0 Å². The molecule has 3 N–H and O–H groups in total. The largest absolute Gasteiger partial charge is 0.491 e. The fourth-order valence-electron chi connectivity index (χ4n) is 1.80. The average Bonchev–Trinajstić information content (AvgIpc) is 2.26. The number of aliphatic hydroxyl groups is 1. The van der Waals surface area contributed by atoms with Crippen molar-refractivity contribution in [3.63, 3.8) is 0 Å². The monoisotopic (exact) mass is 223 g/mol. The fraction of sp³-hybridized carbons (Fsp3) is 0.538. The number of aliphatic hydroxyl groups excluding tert-OH is 1. The standard InChI is InChI=1S/C13H21NO2/c1-13(2,7-8-14)11-5-3-4-6-12(11)16-10-9-15/h3-6,15H,7-10,14H2,1-2H3. The maximum atomic E-state index is 8.78. The molecule has 3 heteroatoms. The van der Waals surface area contributed by atoms with E-state index in [1.165, 1.54) is 0 Å². The Bertz CT molecular complexity index is 323. The molecular weight excluding hydrogens is 202 g/mol. The summed E-state index contributed by atoms with van der Waals surface area (Å²) < 4.78 is 5.53. The number of nitrogens with two attached hydrogens (primary N) is 1. The Morgan fingerprint density at radius 2 is 2.00 bits per heavy atom. The first-order chi connectivity index (χ1) is 7.61. The van der Waals surface area contributed by atoms with Gasteiger partial charge in [-0.3, -0.25) is 0 Å². The summed E-state index contributed by atoms with van der Waals surface area (Å²) in [5, 5.41) is 8.78. The van der Waals surface area contributed by atoms with Crippen molar-refractivity contribution in [2.75, 3.05) is 19.8 Å². The molecule has 0 aliphatic carbocycles. The lowest BCUT2D eigenvalue weighted by atomic mass is 9.81. The Morgan fingerprint density at radius 1 is 1.31 bits per heavy atom. The third-order valence-corrected chi connectivity index (χ3v) is 2.73. The maximum Gasteiger partial charge on any atom is 0.123 e. The first-order valence-corrected chi connectivity index (χ1v) is 5.65. The minimum Gasteiger partial charge on any atom is -0.491 e. The van der Waals surface area contributed by atoms with Crippen molar-refractivity contribution < 1.29 is 9.84 Å². The van der Waals surface area contributed by atoms with Gasteiger partial charge in [-0.1, -0.05) is 32.0 Å². The highest BCUT2D eigenvalue weighted by Gasteiger charge is 2.23. The molecule has 0 aliphatic rings. The molecule has 0 atom stereocenters.